The molecule has 0 aliphatic carbocycles. The zero-order valence-electron chi connectivity index (χ0n) is 10.1. The second kappa shape index (κ2) is 5.34. The fourth-order valence-corrected chi connectivity index (χ4v) is 1.58. The smallest absolute Gasteiger partial charge is 0.267 e. The molecule has 5 nitrogen and oxygen atoms in total. The summed E-state index contributed by atoms with van der Waals surface area (Å²) in [5.74, 6) is -0.597. The minimum absolute atomic E-state index is 0.121. The van der Waals surface area contributed by atoms with E-state index in [2.05, 4.69) is 10.3 Å². The maximum atomic E-state index is 13.0. The van der Waals surface area contributed by atoms with Crippen molar-refractivity contribution in [3.8, 4) is 0 Å². The minimum Gasteiger partial charge on any atom is -0.396 e. The first-order valence-corrected chi connectivity index (χ1v) is 5.61. The summed E-state index contributed by atoms with van der Waals surface area (Å²) < 4.78 is 13.0. The van der Waals surface area contributed by atoms with Gasteiger partial charge in [-0.05, 0) is 29.8 Å². The lowest BCUT2D eigenvalue weighted by molar-refractivity contribution is 0.0996. The Morgan fingerprint density at radius 3 is 2.79 bits per heavy atom. The van der Waals surface area contributed by atoms with Crippen LogP contribution in [0.1, 0.15) is 16.1 Å². The Morgan fingerprint density at radius 2 is 2.11 bits per heavy atom. The highest BCUT2D eigenvalue weighted by Crippen LogP contribution is 2.16. The van der Waals surface area contributed by atoms with Crippen molar-refractivity contribution in [3.05, 3.63) is 53.5 Å². The summed E-state index contributed by atoms with van der Waals surface area (Å²) in [6, 6.07) is 9.14. The molecule has 0 spiro atoms. The molecule has 1 aromatic carbocycles. The lowest BCUT2D eigenvalue weighted by atomic mass is 10.2. The monoisotopic (exact) mass is 260 g/mol. The number of amides is 1. The van der Waals surface area contributed by atoms with Gasteiger partial charge in [-0.2, -0.15) is 0 Å². The Balaban J connectivity index is 2.15. The molecule has 0 unspecified atom stereocenters. The van der Waals surface area contributed by atoms with Crippen LogP contribution in [-0.4, -0.2) is 10.9 Å². The Morgan fingerprint density at radius 1 is 1.32 bits per heavy atom. The first-order chi connectivity index (χ1) is 9.06. The summed E-state index contributed by atoms with van der Waals surface area (Å²) in [5, 5.41) is 2.94. The summed E-state index contributed by atoms with van der Waals surface area (Å²) in [5.41, 5.74) is 12.1. The molecule has 0 radical (unpaired) electrons. The van der Waals surface area contributed by atoms with Crippen molar-refractivity contribution in [2.75, 3.05) is 11.1 Å². The van der Waals surface area contributed by atoms with Gasteiger partial charge in [-0.25, -0.2) is 9.37 Å². The maximum absolute atomic E-state index is 13.0. The second-order valence-electron chi connectivity index (χ2n) is 3.98. The second-order valence-corrected chi connectivity index (χ2v) is 3.98. The normalized spacial score (nSPS) is 10.2. The molecule has 6 heteroatoms. The van der Waals surface area contributed by atoms with Crippen LogP contribution in [0.4, 0.5) is 15.9 Å². The molecule has 2 rings (SSSR count). The standard InChI is InChI=1S/C13H13FN4O/c14-9-3-1-2-8(6-9)7-17-13-10(15)4-5-11(18-13)12(16)19/h1-6H,7,15H2,(H2,16,19)(H,17,18). The van der Waals surface area contributed by atoms with Gasteiger partial charge in [-0.3, -0.25) is 4.79 Å². The summed E-state index contributed by atoms with van der Waals surface area (Å²) >= 11 is 0. The highest BCUT2D eigenvalue weighted by Gasteiger charge is 2.07. The van der Waals surface area contributed by atoms with Crippen LogP contribution in [0.5, 0.6) is 0 Å². The SMILES string of the molecule is NC(=O)c1ccc(N)c(NCc2cccc(F)c2)n1. The summed E-state index contributed by atoms with van der Waals surface area (Å²) in [4.78, 5) is 15.0. The number of nitrogens with zero attached hydrogens (tertiary/aromatic N) is 1. The number of rotatable bonds is 4. The third-order valence-electron chi connectivity index (χ3n) is 2.53. The van der Waals surface area contributed by atoms with Gasteiger partial charge in [0, 0.05) is 6.54 Å². The van der Waals surface area contributed by atoms with Crippen molar-refractivity contribution >= 4 is 17.4 Å². The quantitative estimate of drug-likeness (QED) is 0.776. The highest BCUT2D eigenvalue weighted by molar-refractivity contribution is 5.91. The van der Waals surface area contributed by atoms with Crippen LogP contribution in [-0.2, 0) is 6.54 Å². The summed E-state index contributed by atoms with van der Waals surface area (Å²) in [6.45, 7) is 0.344. The first-order valence-electron chi connectivity index (χ1n) is 5.61. The van der Waals surface area contributed by atoms with Crippen molar-refractivity contribution in [2.45, 2.75) is 6.54 Å². The summed E-state index contributed by atoms with van der Waals surface area (Å²) in [6.07, 6.45) is 0. The highest BCUT2D eigenvalue weighted by atomic mass is 19.1. The molecule has 5 N–H and O–H groups in total. The Bertz CT molecular complexity index is 615. The number of carbonyl (C=O) groups is 1. The van der Waals surface area contributed by atoms with E-state index in [1.165, 1.54) is 18.2 Å². The van der Waals surface area contributed by atoms with Crippen molar-refractivity contribution in [3.63, 3.8) is 0 Å². The maximum Gasteiger partial charge on any atom is 0.267 e. The van der Waals surface area contributed by atoms with Crippen molar-refractivity contribution in [2.24, 2.45) is 5.73 Å². The van der Waals surface area contributed by atoms with Crippen LogP contribution in [0.25, 0.3) is 0 Å². The number of pyridine rings is 1. The van der Waals surface area contributed by atoms with Crippen molar-refractivity contribution < 1.29 is 9.18 Å². The lowest BCUT2D eigenvalue weighted by Crippen LogP contribution is -2.15. The summed E-state index contributed by atoms with van der Waals surface area (Å²) in [7, 11) is 0. The molecule has 0 bridgehead atoms. The Hall–Kier alpha value is -2.63. The molecule has 0 aliphatic heterocycles. The number of hydrogen-bond acceptors (Lipinski definition) is 4. The topological polar surface area (TPSA) is 94.0 Å². The van der Waals surface area contributed by atoms with Gasteiger partial charge in [0.15, 0.2) is 0 Å². The van der Waals surface area contributed by atoms with E-state index in [4.69, 9.17) is 11.5 Å². The number of aromatic nitrogens is 1. The number of nitrogens with two attached hydrogens (primary N) is 2. The van der Waals surface area contributed by atoms with E-state index in [1.807, 2.05) is 0 Å². The predicted molar refractivity (Wildman–Crippen MR) is 70.9 cm³/mol. The third kappa shape index (κ3) is 3.19. The molecule has 0 atom stereocenters. The Labute approximate surface area is 109 Å². The molecule has 1 amide bonds. The largest absolute Gasteiger partial charge is 0.396 e. The average molecular weight is 260 g/mol. The molecular formula is C13H13FN4O. The molecule has 1 heterocycles. The first kappa shape index (κ1) is 12.8. The van der Waals surface area contributed by atoms with Gasteiger partial charge in [0.25, 0.3) is 5.91 Å². The van der Waals surface area contributed by atoms with Gasteiger partial charge >= 0.3 is 0 Å². The fourth-order valence-electron chi connectivity index (χ4n) is 1.58. The van der Waals surface area contributed by atoms with E-state index < -0.39 is 5.91 Å². The van der Waals surface area contributed by atoms with E-state index in [1.54, 1.807) is 18.2 Å². The number of benzene rings is 1. The molecule has 2 aromatic rings. The third-order valence-corrected chi connectivity index (χ3v) is 2.53. The average Bonchev–Trinajstić information content (AvgIpc) is 2.37. The molecule has 0 saturated carbocycles. The number of hydrogen-bond donors (Lipinski definition) is 3. The van der Waals surface area contributed by atoms with Crippen molar-refractivity contribution in [1.29, 1.82) is 0 Å². The molecule has 98 valence electrons. The fraction of sp³-hybridized carbons (Fsp3) is 0.0769. The lowest BCUT2D eigenvalue weighted by Gasteiger charge is -2.09. The van der Waals surface area contributed by atoms with E-state index >= 15 is 0 Å². The molecule has 0 fully saturated rings. The number of anilines is 2. The van der Waals surface area contributed by atoms with Gasteiger partial charge in [0.05, 0.1) is 5.69 Å². The van der Waals surface area contributed by atoms with Crippen LogP contribution in [0.3, 0.4) is 0 Å². The number of halogens is 1. The van der Waals surface area contributed by atoms with Gasteiger partial charge in [-0.15, -0.1) is 0 Å². The molecular weight excluding hydrogens is 247 g/mol. The number of nitrogens with one attached hydrogen (secondary N) is 1. The van der Waals surface area contributed by atoms with Gasteiger partial charge in [-0.1, -0.05) is 12.1 Å². The van der Waals surface area contributed by atoms with Crippen LogP contribution >= 0.6 is 0 Å². The van der Waals surface area contributed by atoms with Crippen molar-refractivity contribution in [1.82, 2.24) is 4.98 Å². The van der Waals surface area contributed by atoms with Crippen LogP contribution in [0.2, 0.25) is 0 Å². The van der Waals surface area contributed by atoms with Crippen LogP contribution in [0, 0.1) is 5.82 Å². The molecule has 0 saturated heterocycles. The minimum atomic E-state index is -0.631. The molecule has 0 aliphatic rings. The zero-order valence-corrected chi connectivity index (χ0v) is 10.1. The van der Waals surface area contributed by atoms with E-state index in [9.17, 15) is 9.18 Å². The number of nitrogen functional groups attached to an aromatic ring is 1. The van der Waals surface area contributed by atoms with Gasteiger partial charge in [0.1, 0.15) is 17.3 Å². The molecule has 19 heavy (non-hydrogen) atoms. The van der Waals surface area contributed by atoms with E-state index in [0.717, 1.165) is 5.56 Å². The van der Waals surface area contributed by atoms with Gasteiger partial charge < -0.3 is 16.8 Å². The van der Waals surface area contributed by atoms with Crippen LogP contribution in [0.15, 0.2) is 36.4 Å². The number of carbonyl (C=O) groups excluding carboxylic acids is 1. The zero-order chi connectivity index (χ0) is 13.8. The Kier molecular flexibility index (Phi) is 3.61. The van der Waals surface area contributed by atoms with E-state index in [0.29, 0.717) is 18.1 Å². The molecule has 1 aromatic heterocycles. The van der Waals surface area contributed by atoms with E-state index in [-0.39, 0.29) is 11.5 Å². The number of primary amides is 1. The predicted octanol–water partition coefficient (Wildman–Crippen LogP) is 1.51. The van der Waals surface area contributed by atoms with Crippen LogP contribution < -0.4 is 16.8 Å². The van der Waals surface area contributed by atoms with Gasteiger partial charge in [0.2, 0.25) is 0 Å².